The van der Waals surface area contributed by atoms with Crippen molar-refractivity contribution in [2.45, 2.75) is 52.5 Å². The summed E-state index contributed by atoms with van der Waals surface area (Å²) < 4.78 is 0. The summed E-state index contributed by atoms with van der Waals surface area (Å²) in [4.78, 5) is 31.2. The van der Waals surface area contributed by atoms with E-state index in [1.54, 1.807) is 17.5 Å². The van der Waals surface area contributed by atoms with E-state index in [9.17, 15) is 9.59 Å². The molecule has 1 atom stereocenters. The van der Waals surface area contributed by atoms with Crippen LogP contribution in [-0.2, 0) is 9.59 Å². The van der Waals surface area contributed by atoms with Crippen molar-refractivity contribution >= 4 is 23.2 Å². The van der Waals surface area contributed by atoms with Gasteiger partial charge in [-0.3, -0.25) is 9.59 Å². The average molecular weight is 350 g/mol. The van der Waals surface area contributed by atoms with E-state index in [2.05, 4.69) is 10.3 Å². The number of piperidine rings is 1. The van der Waals surface area contributed by atoms with Gasteiger partial charge in [0, 0.05) is 36.0 Å². The summed E-state index contributed by atoms with van der Waals surface area (Å²) in [6.45, 7) is 7.38. The minimum Gasteiger partial charge on any atom is -0.346 e. The lowest BCUT2D eigenvalue weighted by Crippen LogP contribution is -2.45. The van der Waals surface area contributed by atoms with Crippen LogP contribution < -0.4 is 5.32 Å². The topological polar surface area (TPSA) is 62.3 Å². The molecular weight excluding hydrogens is 322 g/mol. The molecule has 0 unspecified atom stereocenters. The normalized spacial score (nSPS) is 20.7. The van der Waals surface area contributed by atoms with Crippen LogP contribution in [0.5, 0.6) is 0 Å². The molecule has 6 heteroatoms. The van der Waals surface area contributed by atoms with E-state index in [1.165, 1.54) is 0 Å². The van der Waals surface area contributed by atoms with Gasteiger partial charge in [0.25, 0.3) is 0 Å². The number of aromatic nitrogens is 1. The fourth-order valence-corrected chi connectivity index (χ4v) is 3.95. The largest absolute Gasteiger partial charge is 0.346 e. The van der Waals surface area contributed by atoms with Crippen LogP contribution in [0, 0.1) is 17.3 Å². The van der Waals surface area contributed by atoms with E-state index in [4.69, 9.17) is 0 Å². The Morgan fingerprint density at radius 2 is 1.92 bits per heavy atom. The first-order valence-corrected chi connectivity index (χ1v) is 9.73. The van der Waals surface area contributed by atoms with Crippen LogP contribution in [0.3, 0.4) is 0 Å². The van der Waals surface area contributed by atoms with Crippen LogP contribution in [0.1, 0.15) is 57.5 Å². The molecule has 1 aromatic heterocycles. The van der Waals surface area contributed by atoms with E-state index < -0.39 is 5.41 Å². The number of thiazole rings is 1. The second kappa shape index (κ2) is 6.82. The zero-order valence-corrected chi connectivity index (χ0v) is 15.6. The summed E-state index contributed by atoms with van der Waals surface area (Å²) in [6.07, 6.45) is 5.76. The first-order valence-electron chi connectivity index (χ1n) is 8.85. The van der Waals surface area contributed by atoms with E-state index in [-0.39, 0.29) is 17.9 Å². The van der Waals surface area contributed by atoms with Crippen LogP contribution in [0.4, 0.5) is 0 Å². The van der Waals surface area contributed by atoms with Crippen LogP contribution in [0.15, 0.2) is 11.6 Å². The zero-order chi connectivity index (χ0) is 17.3. The van der Waals surface area contributed by atoms with Gasteiger partial charge in [0.2, 0.25) is 11.8 Å². The van der Waals surface area contributed by atoms with Gasteiger partial charge in [0.1, 0.15) is 5.01 Å². The first kappa shape index (κ1) is 17.4. The lowest BCUT2D eigenvalue weighted by atomic mass is 9.87. The third-order valence-electron chi connectivity index (χ3n) is 4.93. The fraction of sp³-hybridized carbons (Fsp3) is 0.722. The molecule has 3 rings (SSSR count). The third kappa shape index (κ3) is 3.97. The van der Waals surface area contributed by atoms with E-state index in [1.807, 2.05) is 31.1 Å². The summed E-state index contributed by atoms with van der Waals surface area (Å²) in [5, 5.41) is 6.14. The quantitative estimate of drug-likeness (QED) is 0.909. The number of amides is 2. The first-order chi connectivity index (χ1) is 11.4. The summed E-state index contributed by atoms with van der Waals surface area (Å²) >= 11 is 1.59. The molecule has 5 nitrogen and oxygen atoms in total. The molecule has 1 aliphatic heterocycles. The fourth-order valence-electron chi connectivity index (χ4n) is 3.17. The Morgan fingerprint density at radius 1 is 1.25 bits per heavy atom. The molecular formula is C18H27N3O2S. The number of rotatable bonds is 4. The van der Waals surface area contributed by atoms with E-state index >= 15 is 0 Å². The molecule has 1 N–H and O–H groups in total. The number of nitrogens with zero attached hydrogens (tertiary/aromatic N) is 2. The molecule has 2 aliphatic rings. The predicted molar refractivity (Wildman–Crippen MR) is 94.5 cm³/mol. The maximum absolute atomic E-state index is 12.5. The molecule has 1 aromatic rings. The maximum atomic E-state index is 12.5. The molecule has 1 saturated carbocycles. The van der Waals surface area contributed by atoms with E-state index in [0.29, 0.717) is 11.8 Å². The van der Waals surface area contributed by atoms with Crippen molar-refractivity contribution in [2.24, 2.45) is 17.3 Å². The van der Waals surface area contributed by atoms with Gasteiger partial charge in [-0.05, 0) is 31.6 Å². The number of hydrogen-bond acceptors (Lipinski definition) is 4. The predicted octanol–water partition coefficient (Wildman–Crippen LogP) is 3.00. The average Bonchev–Trinajstić information content (AvgIpc) is 3.26. The molecule has 2 amide bonds. The minimum absolute atomic E-state index is 0.0464. The smallest absolute Gasteiger partial charge is 0.225 e. The monoisotopic (exact) mass is 349 g/mol. The van der Waals surface area contributed by atoms with Gasteiger partial charge < -0.3 is 10.2 Å². The van der Waals surface area contributed by atoms with Crippen molar-refractivity contribution in [1.82, 2.24) is 15.2 Å². The molecule has 0 spiro atoms. The van der Waals surface area contributed by atoms with Gasteiger partial charge in [-0.25, -0.2) is 4.98 Å². The number of carbonyl (C=O) groups excluding carboxylic acids is 2. The summed E-state index contributed by atoms with van der Waals surface area (Å²) in [6, 6.07) is -0.0464. The molecule has 2 heterocycles. The number of hydrogen-bond donors (Lipinski definition) is 1. The van der Waals surface area contributed by atoms with Gasteiger partial charge in [0.05, 0.1) is 6.04 Å². The molecule has 132 valence electrons. The molecule has 0 bridgehead atoms. The van der Waals surface area contributed by atoms with Gasteiger partial charge in [-0.2, -0.15) is 0 Å². The molecule has 24 heavy (non-hydrogen) atoms. The highest BCUT2D eigenvalue weighted by Gasteiger charge is 2.37. The van der Waals surface area contributed by atoms with Crippen molar-refractivity contribution < 1.29 is 9.59 Å². The lowest BCUT2D eigenvalue weighted by Gasteiger charge is -2.36. The van der Waals surface area contributed by atoms with Crippen molar-refractivity contribution in [1.29, 1.82) is 0 Å². The summed E-state index contributed by atoms with van der Waals surface area (Å²) in [5.74, 6) is 1.01. The Morgan fingerprint density at radius 3 is 2.42 bits per heavy atom. The maximum Gasteiger partial charge on any atom is 0.225 e. The van der Waals surface area contributed by atoms with Gasteiger partial charge in [-0.15, -0.1) is 11.3 Å². The van der Waals surface area contributed by atoms with Crippen LogP contribution in [0.25, 0.3) is 0 Å². The molecule has 0 radical (unpaired) electrons. The standard InChI is InChI=1S/C18H27N3O2S/c1-18(2,3)17(23)20-14(15-19-8-11-24-15)12-6-9-21(10-7-12)16(22)13-4-5-13/h8,11-14H,4-7,9-10H2,1-3H3,(H,20,23)/t14-/m1/s1. The zero-order valence-electron chi connectivity index (χ0n) is 14.7. The Hall–Kier alpha value is -1.43. The SMILES string of the molecule is CC(C)(C)C(=O)N[C@@H](c1nccs1)C1CCN(C(=O)C2CC2)CC1. The van der Waals surface area contributed by atoms with Gasteiger partial charge >= 0.3 is 0 Å². The number of likely N-dealkylation sites (tertiary alicyclic amines) is 1. The van der Waals surface area contributed by atoms with Crippen molar-refractivity contribution in [3.63, 3.8) is 0 Å². The Labute approximate surface area is 147 Å². The Bertz CT molecular complexity index is 582. The summed E-state index contributed by atoms with van der Waals surface area (Å²) in [7, 11) is 0. The highest BCUT2D eigenvalue weighted by Crippen LogP contribution is 2.36. The third-order valence-corrected chi connectivity index (χ3v) is 5.79. The summed E-state index contributed by atoms with van der Waals surface area (Å²) in [5.41, 5.74) is -0.419. The van der Waals surface area contributed by atoms with Crippen molar-refractivity contribution in [2.75, 3.05) is 13.1 Å². The Balaban J connectivity index is 1.66. The van der Waals surface area contributed by atoms with E-state index in [0.717, 1.165) is 43.8 Å². The van der Waals surface area contributed by atoms with Gasteiger partial charge in [0.15, 0.2) is 0 Å². The highest BCUT2D eigenvalue weighted by atomic mass is 32.1. The van der Waals surface area contributed by atoms with Crippen LogP contribution >= 0.6 is 11.3 Å². The number of carbonyl (C=O) groups is 2. The number of nitrogens with one attached hydrogen (secondary N) is 1. The second-order valence-corrected chi connectivity index (χ2v) is 8.93. The van der Waals surface area contributed by atoms with Crippen molar-refractivity contribution in [3.8, 4) is 0 Å². The van der Waals surface area contributed by atoms with Gasteiger partial charge in [-0.1, -0.05) is 20.8 Å². The molecule has 1 aliphatic carbocycles. The Kier molecular flexibility index (Phi) is 4.95. The second-order valence-electron chi connectivity index (χ2n) is 8.01. The van der Waals surface area contributed by atoms with Crippen molar-refractivity contribution in [3.05, 3.63) is 16.6 Å². The van der Waals surface area contributed by atoms with Crippen LogP contribution in [0.2, 0.25) is 0 Å². The van der Waals surface area contributed by atoms with Crippen LogP contribution in [-0.4, -0.2) is 34.8 Å². The minimum atomic E-state index is -0.419. The molecule has 0 aromatic carbocycles. The molecule has 2 fully saturated rings. The highest BCUT2D eigenvalue weighted by molar-refractivity contribution is 7.09. The molecule has 1 saturated heterocycles. The lowest BCUT2D eigenvalue weighted by molar-refractivity contribution is -0.135.